The molecule has 3 N–H and O–H groups in total. The van der Waals surface area contributed by atoms with Crippen molar-refractivity contribution in [2.24, 2.45) is 5.73 Å². The highest BCUT2D eigenvalue weighted by molar-refractivity contribution is 5.99. The average molecular weight is 301 g/mol. The number of Topliss-reactive ketones (excluding diaryl/α,β-unsaturated/α-hetero) is 1. The summed E-state index contributed by atoms with van der Waals surface area (Å²) in [7, 11) is 0. The molecule has 0 aliphatic carbocycles. The van der Waals surface area contributed by atoms with Gasteiger partial charge in [-0.15, -0.1) is 0 Å². The third kappa shape index (κ3) is 5.76. The number of aliphatic hydroxyl groups excluding tert-OH is 1. The van der Waals surface area contributed by atoms with E-state index in [1.165, 1.54) is 0 Å². The fraction of sp³-hybridized carbons (Fsp3) is 0.176. The number of hydrogen-bond donors (Lipinski definition) is 2. The van der Waals surface area contributed by atoms with E-state index in [-0.39, 0.29) is 5.78 Å². The molecule has 1 amide bonds. The molecule has 0 spiro atoms. The van der Waals surface area contributed by atoms with Crippen LogP contribution in [0.4, 0.5) is 4.79 Å². The smallest absolute Gasteiger partial charge is 0.404 e. The molecule has 0 saturated carbocycles. The monoisotopic (exact) mass is 301 g/mol. The summed E-state index contributed by atoms with van der Waals surface area (Å²) in [4.78, 5) is 21.5. The molecule has 0 radical (unpaired) electrons. The molecule has 1 atom stereocenters. The minimum absolute atomic E-state index is 0.271. The van der Waals surface area contributed by atoms with Gasteiger partial charge in [0.25, 0.3) is 0 Å². The molecule has 0 saturated heterocycles. The summed E-state index contributed by atoms with van der Waals surface area (Å²) < 4.78 is 4.18. The Labute approximate surface area is 129 Å². The number of ketones is 1. The molecule has 0 heterocycles. The Kier molecular flexibility index (Phi) is 7.36. The maximum atomic E-state index is 11.9. The fourth-order valence-electron chi connectivity index (χ4n) is 1.69. The van der Waals surface area contributed by atoms with Crippen molar-refractivity contribution in [2.75, 3.05) is 6.61 Å². The van der Waals surface area contributed by atoms with Gasteiger partial charge in [0.05, 0.1) is 6.61 Å². The Morgan fingerprint density at radius 2 is 1.55 bits per heavy atom. The summed E-state index contributed by atoms with van der Waals surface area (Å²) in [6.07, 6.45) is -1.79. The van der Waals surface area contributed by atoms with Crippen molar-refractivity contribution in [2.45, 2.75) is 13.0 Å². The van der Waals surface area contributed by atoms with Gasteiger partial charge in [0.15, 0.2) is 5.78 Å². The largest absolute Gasteiger partial charge is 0.450 e. The zero-order chi connectivity index (χ0) is 16.4. The van der Waals surface area contributed by atoms with Gasteiger partial charge in [-0.05, 0) is 12.5 Å². The molecule has 0 aliphatic rings. The van der Waals surface area contributed by atoms with E-state index in [2.05, 4.69) is 10.5 Å². The molecule has 5 heteroatoms. The van der Waals surface area contributed by atoms with Crippen molar-refractivity contribution in [3.8, 4) is 0 Å². The highest BCUT2D eigenvalue weighted by Gasteiger charge is 2.18. The van der Waals surface area contributed by atoms with Crippen LogP contribution in [0.2, 0.25) is 0 Å². The molecule has 5 nitrogen and oxygen atoms in total. The number of benzene rings is 2. The second kappa shape index (κ2) is 9.31. The zero-order valence-corrected chi connectivity index (χ0v) is 12.3. The zero-order valence-electron chi connectivity index (χ0n) is 12.3. The van der Waals surface area contributed by atoms with Crippen molar-refractivity contribution in [1.82, 2.24) is 0 Å². The normalized spacial score (nSPS) is 10.8. The number of rotatable bonds is 4. The first-order valence-electron chi connectivity index (χ1n) is 6.80. The van der Waals surface area contributed by atoms with E-state index < -0.39 is 12.2 Å². The molecular formula is C17H19NO4. The van der Waals surface area contributed by atoms with Crippen LogP contribution in [0.3, 0.4) is 0 Å². The highest BCUT2D eigenvalue weighted by atomic mass is 16.5. The fourth-order valence-corrected chi connectivity index (χ4v) is 1.69. The first kappa shape index (κ1) is 17.4. The van der Waals surface area contributed by atoms with Crippen LogP contribution in [0.25, 0.3) is 0 Å². The van der Waals surface area contributed by atoms with Crippen LogP contribution in [0, 0.1) is 0 Å². The first-order valence-corrected chi connectivity index (χ1v) is 6.80. The lowest BCUT2D eigenvalue weighted by Crippen LogP contribution is -2.11. The summed E-state index contributed by atoms with van der Waals surface area (Å²) >= 11 is 0. The van der Waals surface area contributed by atoms with E-state index in [4.69, 9.17) is 0 Å². The summed E-state index contributed by atoms with van der Waals surface area (Å²) in [6, 6.07) is 17.7. The number of aliphatic hydroxyl groups is 1. The van der Waals surface area contributed by atoms with Crippen LogP contribution in [0.5, 0.6) is 0 Å². The van der Waals surface area contributed by atoms with Crippen LogP contribution in [0.1, 0.15) is 28.9 Å². The summed E-state index contributed by atoms with van der Waals surface area (Å²) in [6.45, 7) is 2.06. The molecule has 0 aromatic heterocycles. The standard InChI is InChI=1S/C14H12O2.C3H7NO2/c15-13(11-7-3-1-4-8-11)14(16)12-9-5-2-6-10-12;1-2-6-3(4)5/h1-10,13,15H;2H2,1H3,(H2,4,5). The number of hydrogen-bond acceptors (Lipinski definition) is 4. The van der Waals surface area contributed by atoms with Gasteiger partial charge < -0.3 is 15.6 Å². The molecule has 1 unspecified atom stereocenters. The van der Waals surface area contributed by atoms with Crippen molar-refractivity contribution in [3.63, 3.8) is 0 Å². The van der Waals surface area contributed by atoms with Gasteiger partial charge in [-0.25, -0.2) is 4.79 Å². The summed E-state index contributed by atoms with van der Waals surface area (Å²) in [5.41, 5.74) is 5.69. The van der Waals surface area contributed by atoms with E-state index in [1.807, 2.05) is 12.1 Å². The van der Waals surface area contributed by atoms with Gasteiger partial charge in [0, 0.05) is 5.56 Å². The molecule has 2 rings (SSSR count). The summed E-state index contributed by atoms with van der Waals surface area (Å²) in [5, 5.41) is 9.89. The third-order valence-electron chi connectivity index (χ3n) is 2.71. The second-order valence-electron chi connectivity index (χ2n) is 4.30. The number of carbonyl (C=O) groups excluding carboxylic acids is 2. The molecule has 2 aromatic carbocycles. The lowest BCUT2D eigenvalue weighted by molar-refractivity contribution is 0.0747. The van der Waals surface area contributed by atoms with E-state index in [1.54, 1.807) is 55.5 Å². The predicted octanol–water partition coefficient (Wildman–Crippen LogP) is 2.70. The van der Waals surface area contributed by atoms with Crippen molar-refractivity contribution >= 4 is 11.9 Å². The van der Waals surface area contributed by atoms with Crippen molar-refractivity contribution in [3.05, 3.63) is 71.8 Å². The Morgan fingerprint density at radius 1 is 1.05 bits per heavy atom. The average Bonchev–Trinajstić information content (AvgIpc) is 2.55. The van der Waals surface area contributed by atoms with Gasteiger partial charge in [0.1, 0.15) is 6.10 Å². The maximum Gasteiger partial charge on any atom is 0.404 e. The Balaban J connectivity index is 0.000000346. The number of ether oxygens (including phenoxy) is 1. The van der Waals surface area contributed by atoms with Gasteiger partial charge in [-0.2, -0.15) is 0 Å². The molecule has 0 fully saturated rings. The molecule has 2 aromatic rings. The maximum absolute atomic E-state index is 11.9. The Bertz CT molecular complexity index is 584. The van der Waals surface area contributed by atoms with Crippen molar-refractivity contribution < 1.29 is 19.4 Å². The third-order valence-corrected chi connectivity index (χ3v) is 2.71. The highest BCUT2D eigenvalue weighted by Crippen LogP contribution is 2.17. The topological polar surface area (TPSA) is 89.6 Å². The Hall–Kier alpha value is -2.66. The molecule has 22 heavy (non-hydrogen) atoms. The molecule has 0 bridgehead atoms. The van der Waals surface area contributed by atoms with Gasteiger partial charge >= 0.3 is 6.09 Å². The molecule has 116 valence electrons. The Morgan fingerprint density at radius 3 is 1.95 bits per heavy atom. The van der Waals surface area contributed by atoms with Crippen LogP contribution in [0.15, 0.2) is 60.7 Å². The second-order valence-corrected chi connectivity index (χ2v) is 4.30. The minimum atomic E-state index is -1.08. The quantitative estimate of drug-likeness (QED) is 0.850. The van der Waals surface area contributed by atoms with Crippen LogP contribution in [-0.2, 0) is 4.74 Å². The van der Waals surface area contributed by atoms with Crippen molar-refractivity contribution in [1.29, 1.82) is 0 Å². The van der Waals surface area contributed by atoms with E-state index in [0.717, 1.165) is 0 Å². The van der Waals surface area contributed by atoms with Crippen LogP contribution in [-0.4, -0.2) is 23.6 Å². The minimum Gasteiger partial charge on any atom is -0.450 e. The number of amides is 1. The van der Waals surface area contributed by atoms with E-state index >= 15 is 0 Å². The lowest BCUT2D eigenvalue weighted by Gasteiger charge is -2.09. The van der Waals surface area contributed by atoms with Gasteiger partial charge in [-0.3, -0.25) is 4.79 Å². The number of carbonyl (C=O) groups is 2. The van der Waals surface area contributed by atoms with Crippen LogP contribution >= 0.6 is 0 Å². The van der Waals surface area contributed by atoms with Crippen LogP contribution < -0.4 is 5.73 Å². The predicted molar refractivity (Wildman–Crippen MR) is 83.4 cm³/mol. The molecule has 0 aliphatic heterocycles. The van der Waals surface area contributed by atoms with Gasteiger partial charge in [-0.1, -0.05) is 60.7 Å². The lowest BCUT2D eigenvalue weighted by atomic mass is 10.0. The molecular weight excluding hydrogens is 282 g/mol. The van der Waals surface area contributed by atoms with E-state index in [9.17, 15) is 14.7 Å². The number of nitrogens with two attached hydrogens (primary N) is 1. The van der Waals surface area contributed by atoms with Gasteiger partial charge in [0.2, 0.25) is 0 Å². The van der Waals surface area contributed by atoms with E-state index in [0.29, 0.717) is 17.7 Å². The number of primary amides is 1. The SMILES string of the molecule is CCOC(N)=O.O=C(c1ccccc1)C(O)c1ccccc1. The first-order chi connectivity index (χ1) is 10.6. The summed E-state index contributed by atoms with van der Waals surface area (Å²) in [5.74, 6) is -0.271.